The zero-order valence-corrected chi connectivity index (χ0v) is 12.1. The molecule has 0 unspecified atom stereocenters. The number of benzene rings is 1. The summed E-state index contributed by atoms with van der Waals surface area (Å²) in [6.07, 6.45) is 1.01. The van der Waals surface area contributed by atoms with E-state index < -0.39 is 0 Å². The van der Waals surface area contributed by atoms with Gasteiger partial charge in [-0.05, 0) is 35.9 Å². The van der Waals surface area contributed by atoms with Crippen LogP contribution < -0.4 is 5.32 Å². The van der Waals surface area contributed by atoms with Crippen molar-refractivity contribution in [1.82, 2.24) is 5.32 Å². The Bertz CT molecular complexity index is 345. The van der Waals surface area contributed by atoms with Gasteiger partial charge in [0, 0.05) is 11.6 Å². The molecule has 0 saturated heterocycles. The fraction of sp³-hybridized carbons (Fsp3) is 0.600. The first-order valence-electron chi connectivity index (χ1n) is 6.35. The van der Waals surface area contributed by atoms with Gasteiger partial charge in [0.1, 0.15) is 0 Å². The lowest BCUT2D eigenvalue weighted by Crippen LogP contribution is -2.33. The average molecular weight is 254 g/mol. The van der Waals surface area contributed by atoms with Gasteiger partial charge < -0.3 is 5.32 Å². The predicted octanol–water partition coefficient (Wildman–Crippen LogP) is 4.15. The molecule has 0 aliphatic rings. The minimum absolute atomic E-state index is 0.236. The van der Waals surface area contributed by atoms with E-state index in [1.807, 2.05) is 12.1 Å². The molecule has 0 fully saturated rings. The van der Waals surface area contributed by atoms with Gasteiger partial charge in [0.25, 0.3) is 0 Å². The van der Waals surface area contributed by atoms with E-state index in [2.05, 4.69) is 45.1 Å². The summed E-state index contributed by atoms with van der Waals surface area (Å²) in [7, 11) is 0. The molecular formula is C15H24ClN. The SMILES string of the molecule is CC(C)CNCC(C)(C)Cc1ccccc1Cl. The summed E-state index contributed by atoms with van der Waals surface area (Å²) in [6, 6.07) is 8.12. The Morgan fingerprint density at radius 1 is 1.24 bits per heavy atom. The minimum Gasteiger partial charge on any atom is -0.316 e. The topological polar surface area (TPSA) is 12.0 Å². The Balaban J connectivity index is 2.51. The summed E-state index contributed by atoms with van der Waals surface area (Å²) in [4.78, 5) is 0. The van der Waals surface area contributed by atoms with Crippen LogP contribution in [0, 0.1) is 11.3 Å². The summed E-state index contributed by atoms with van der Waals surface area (Å²) in [6.45, 7) is 11.1. The number of rotatable bonds is 6. The van der Waals surface area contributed by atoms with Crippen LogP contribution >= 0.6 is 11.6 Å². The largest absolute Gasteiger partial charge is 0.316 e. The molecule has 0 bridgehead atoms. The van der Waals surface area contributed by atoms with E-state index >= 15 is 0 Å². The van der Waals surface area contributed by atoms with Crippen molar-refractivity contribution in [2.75, 3.05) is 13.1 Å². The molecule has 0 aliphatic carbocycles. The average Bonchev–Trinajstić information content (AvgIpc) is 2.20. The molecule has 0 aromatic heterocycles. The first-order valence-corrected chi connectivity index (χ1v) is 6.73. The lowest BCUT2D eigenvalue weighted by Gasteiger charge is -2.26. The van der Waals surface area contributed by atoms with Gasteiger partial charge in [-0.1, -0.05) is 57.5 Å². The number of halogens is 1. The molecule has 96 valence electrons. The highest BCUT2D eigenvalue weighted by Crippen LogP contribution is 2.25. The standard InChI is InChI=1S/C15H24ClN/c1-12(2)10-17-11-15(3,4)9-13-7-5-6-8-14(13)16/h5-8,12,17H,9-11H2,1-4H3. The highest BCUT2D eigenvalue weighted by molar-refractivity contribution is 6.31. The van der Waals surface area contributed by atoms with Gasteiger partial charge in [0.05, 0.1) is 0 Å². The van der Waals surface area contributed by atoms with Gasteiger partial charge in [-0.25, -0.2) is 0 Å². The Morgan fingerprint density at radius 2 is 1.88 bits per heavy atom. The molecule has 1 aromatic carbocycles. The molecule has 1 rings (SSSR count). The van der Waals surface area contributed by atoms with Crippen LogP contribution in [-0.4, -0.2) is 13.1 Å². The van der Waals surface area contributed by atoms with Crippen molar-refractivity contribution in [2.24, 2.45) is 11.3 Å². The van der Waals surface area contributed by atoms with Gasteiger partial charge >= 0.3 is 0 Å². The molecule has 17 heavy (non-hydrogen) atoms. The fourth-order valence-electron chi connectivity index (χ4n) is 1.92. The van der Waals surface area contributed by atoms with Gasteiger partial charge in [-0.15, -0.1) is 0 Å². The van der Waals surface area contributed by atoms with E-state index in [-0.39, 0.29) is 5.41 Å². The van der Waals surface area contributed by atoms with Crippen molar-refractivity contribution in [3.05, 3.63) is 34.9 Å². The van der Waals surface area contributed by atoms with E-state index in [0.717, 1.165) is 24.5 Å². The van der Waals surface area contributed by atoms with Crippen LogP contribution in [0.3, 0.4) is 0 Å². The van der Waals surface area contributed by atoms with Crippen molar-refractivity contribution >= 4 is 11.6 Å². The molecule has 0 heterocycles. The van der Waals surface area contributed by atoms with Crippen LogP contribution in [0.2, 0.25) is 5.02 Å². The molecule has 0 saturated carbocycles. The maximum absolute atomic E-state index is 6.19. The van der Waals surface area contributed by atoms with Crippen LogP contribution in [0.5, 0.6) is 0 Å². The molecule has 2 heteroatoms. The Labute approximate surface area is 111 Å². The maximum Gasteiger partial charge on any atom is 0.0438 e. The predicted molar refractivity (Wildman–Crippen MR) is 76.6 cm³/mol. The van der Waals surface area contributed by atoms with E-state index in [1.54, 1.807) is 0 Å². The fourth-order valence-corrected chi connectivity index (χ4v) is 2.12. The lowest BCUT2D eigenvalue weighted by atomic mass is 9.85. The number of hydrogen-bond acceptors (Lipinski definition) is 1. The molecule has 0 atom stereocenters. The van der Waals surface area contributed by atoms with Gasteiger partial charge in [0.15, 0.2) is 0 Å². The third-order valence-corrected chi connectivity index (χ3v) is 3.15. The van der Waals surface area contributed by atoms with Crippen molar-refractivity contribution in [3.63, 3.8) is 0 Å². The first-order chi connectivity index (χ1) is 7.91. The van der Waals surface area contributed by atoms with Crippen molar-refractivity contribution in [2.45, 2.75) is 34.1 Å². The van der Waals surface area contributed by atoms with Crippen LogP contribution in [0.4, 0.5) is 0 Å². The highest BCUT2D eigenvalue weighted by Gasteiger charge is 2.19. The number of nitrogens with one attached hydrogen (secondary N) is 1. The summed E-state index contributed by atoms with van der Waals surface area (Å²) in [5, 5.41) is 4.40. The summed E-state index contributed by atoms with van der Waals surface area (Å²) < 4.78 is 0. The van der Waals surface area contributed by atoms with E-state index in [1.165, 1.54) is 5.56 Å². The Kier molecular flexibility index (Phi) is 5.48. The van der Waals surface area contributed by atoms with Gasteiger partial charge in [-0.2, -0.15) is 0 Å². The van der Waals surface area contributed by atoms with Crippen molar-refractivity contribution < 1.29 is 0 Å². The van der Waals surface area contributed by atoms with E-state index in [0.29, 0.717) is 5.92 Å². The summed E-state index contributed by atoms with van der Waals surface area (Å²) >= 11 is 6.19. The second-order valence-electron chi connectivity index (χ2n) is 5.96. The molecule has 1 aromatic rings. The van der Waals surface area contributed by atoms with Crippen LogP contribution in [0.15, 0.2) is 24.3 Å². The zero-order chi connectivity index (χ0) is 12.9. The third kappa shape index (κ3) is 5.56. The maximum atomic E-state index is 6.19. The smallest absolute Gasteiger partial charge is 0.0438 e. The molecule has 1 N–H and O–H groups in total. The normalized spacial score (nSPS) is 12.1. The Hall–Kier alpha value is -0.530. The monoisotopic (exact) mass is 253 g/mol. The number of hydrogen-bond donors (Lipinski definition) is 1. The molecule has 0 amide bonds. The lowest BCUT2D eigenvalue weighted by molar-refractivity contribution is 0.330. The zero-order valence-electron chi connectivity index (χ0n) is 11.4. The van der Waals surface area contributed by atoms with E-state index in [9.17, 15) is 0 Å². The second-order valence-corrected chi connectivity index (χ2v) is 6.36. The van der Waals surface area contributed by atoms with Gasteiger partial charge in [0.2, 0.25) is 0 Å². The molecule has 0 aliphatic heterocycles. The molecular weight excluding hydrogens is 230 g/mol. The first kappa shape index (κ1) is 14.5. The molecule has 0 spiro atoms. The van der Waals surface area contributed by atoms with Crippen molar-refractivity contribution in [1.29, 1.82) is 0 Å². The summed E-state index contributed by atoms with van der Waals surface area (Å²) in [5.41, 5.74) is 1.48. The molecule has 1 nitrogen and oxygen atoms in total. The highest BCUT2D eigenvalue weighted by atomic mass is 35.5. The van der Waals surface area contributed by atoms with Crippen LogP contribution in [0.25, 0.3) is 0 Å². The van der Waals surface area contributed by atoms with Crippen molar-refractivity contribution in [3.8, 4) is 0 Å². The quantitative estimate of drug-likeness (QED) is 0.803. The summed E-state index contributed by atoms with van der Waals surface area (Å²) in [5.74, 6) is 0.700. The van der Waals surface area contributed by atoms with Crippen LogP contribution in [-0.2, 0) is 6.42 Å². The Morgan fingerprint density at radius 3 is 2.47 bits per heavy atom. The van der Waals surface area contributed by atoms with E-state index in [4.69, 9.17) is 11.6 Å². The molecule has 0 radical (unpaired) electrons. The third-order valence-electron chi connectivity index (χ3n) is 2.78. The van der Waals surface area contributed by atoms with Crippen LogP contribution in [0.1, 0.15) is 33.3 Å². The van der Waals surface area contributed by atoms with Gasteiger partial charge in [-0.3, -0.25) is 0 Å². The minimum atomic E-state index is 0.236. The second kappa shape index (κ2) is 6.42.